The van der Waals surface area contributed by atoms with Gasteiger partial charge in [0.25, 0.3) is 0 Å². The maximum absolute atomic E-state index is 12.7. The van der Waals surface area contributed by atoms with E-state index in [4.69, 9.17) is 0 Å². The first kappa shape index (κ1) is 15.7. The number of benzene rings is 1. The van der Waals surface area contributed by atoms with Gasteiger partial charge in [-0.3, -0.25) is 9.59 Å². The highest BCUT2D eigenvalue weighted by Gasteiger charge is 2.52. The third-order valence-electron chi connectivity index (χ3n) is 4.29. The van der Waals surface area contributed by atoms with E-state index in [0.29, 0.717) is 12.8 Å². The van der Waals surface area contributed by atoms with Crippen LogP contribution in [0.5, 0.6) is 0 Å². The van der Waals surface area contributed by atoms with Crippen LogP contribution >= 0.6 is 31.9 Å². The van der Waals surface area contributed by atoms with Gasteiger partial charge in [-0.15, -0.1) is 0 Å². The minimum atomic E-state index is -1.15. The van der Waals surface area contributed by atoms with Gasteiger partial charge in [-0.1, -0.05) is 44.0 Å². The number of alkyl halides is 2. The molecule has 0 bridgehead atoms. The normalized spacial score (nSPS) is 31.3. The highest BCUT2D eigenvalue weighted by molar-refractivity contribution is 9.12. The molecule has 0 spiro atoms. The molecule has 1 heterocycles. The molecule has 1 aromatic rings. The Morgan fingerprint density at radius 1 is 1.05 bits per heavy atom. The molecule has 1 aromatic carbocycles. The number of imide groups is 1. The highest BCUT2D eigenvalue weighted by atomic mass is 79.9. The minimum Gasteiger partial charge on any atom is -0.478 e. The van der Waals surface area contributed by atoms with Crippen molar-refractivity contribution in [3.63, 3.8) is 0 Å². The molecule has 1 saturated heterocycles. The smallest absolute Gasteiger partial charge is 0.337 e. The molecule has 1 aliphatic heterocycles. The zero-order chi connectivity index (χ0) is 16.0. The molecule has 0 radical (unpaired) electrons. The molecular weight excluding hydrogens is 418 g/mol. The van der Waals surface area contributed by atoms with Crippen LogP contribution in [0.1, 0.15) is 23.2 Å². The topological polar surface area (TPSA) is 74.7 Å². The van der Waals surface area contributed by atoms with E-state index in [1.54, 1.807) is 12.1 Å². The number of aromatic carboxylic acids is 1. The first-order chi connectivity index (χ1) is 10.4. The lowest BCUT2D eigenvalue weighted by molar-refractivity contribution is -0.122. The Labute approximate surface area is 143 Å². The lowest BCUT2D eigenvalue weighted by Crippen LogP contribution is -2.34. The number of fused-ring (bicyclic) bond motifs is 1. The molecule has 0 aromatic heterocycles. The molecule has 4 atom stereocenters. The molecule has 1 N–H and O–H groups in total. The van der Waals surface area contributed by atoms with Gasteiger partial charge in [-0.05, 0) is 25.0 Å². The Bertz CT molecular complexity index is 635. The number of para-hydroxylation sites is 1. The molecule has 3 rings (SSSR count). The Morgan fingerprint density at radius 2 is 1.55 bits per heavy atom. The molecular formula is C15H13Br2NO4. The number of carboxylic acid groups (broad SMARTS) is 1. The van der Waals surface area contributed by atoms with E-state index in [0.717, 1.165) is 4.90 Å². The first-order valence-corrected chi connectivity index (χ1v) is 8.73. The zero-order valence-corrected chi connectivity index (χ0v) is 14.6. The van der Waals surface area contributed by atoms with E-state index in [9.17, 15) is 19.5 Å². The number of carbonyl (C=O) groups is 3. The maximum atomic E-state index is 12.7. The van der Waals surface area contributed by atoms with Crippen molar-refractivity contribution in [2.45, 2.75) is 22.5 Å². The number of anilines is 1. The van der Waals surface area contributed by atoms with Crippen molar-refractivity contribution in [1.82, 2.24) is 0 Å². The van der Waals surface area contributed by atoms with Crippen molar-refractivity contribution < 1.29 is 19.5 Å². The van der Waals surface area contributed by atoms with Gasteiger partial charge in [0, 0.05) is 9.65 Å². The molecule has 5 nitrogen and oxygen atoms in total. The van der Waals surface area contributed by atoms with E-state index >= 15 is 0 Å². The molecule has 1 saturated carbocycles. The van der Waals surface area contributed by atoms with E-state index < -0.39 is 5.97 Å². The van der Waals surface area contributed by atoms with Crippen molar-refractivity contribution >= 4 is 55.3 Å². The summed E-state index contributed by atoms with van der Waals surface area (Å²) in [6.07, 6.45) is 1.13. The van der Waals surface area contributed by atoms with Crippen molar-refractivity contribution in [2.24, 2.45) is 11.8 Å². The summed E-state index contributed by atoms with van der Waals surface area (Å²) in [6.45, 7) is 0. The summed E-state index contributed by atoms with van der Waals surface area (Å²) >= 11 is 7.06. The van der Waals surface area contributed by atoms with E-state index in [2.05, 4.69) is 31.9 Å². The summed E-state index contributed by atoms with van der Waals surface area (Å²) in [5, 5.41) is 9.28. The Morgan fingerprint density at radius 3 is 2.05 bits per heavy atom. The van der Waals surface area contributed by atoms with Crippen LogP contribution in [0.15, 0.2) is 24.3 Å². The minimum absolute atomic E-state index is 0.0337. The predicted octanol–water partition coefficient (Wildman–Crippen LogP) is 2.81. The SMILES string of the molecule is O=C(O)c1ccccc1N1C(=O)[C@H]2C[C@H](Br)[C@H](Br)C[C@H]2C1=O. The fraction of sp³-hybridized carbons (Fsp3) is 0.400. The average molecular weight is 431 g/mol. The second-order valence-corrected chi connectivity index (χ2v) is 7.90. The van der Waals surface area contributed by atoms with Crippen LogP contribution in [-0.4, -0.2) is 32.5 Å². The van der Waals surface area contributed by atoms with Gasteiger partial charge in [0.05, 0.1) is 23.1 Å². The van der Waals surface area contributed by atoms with Crippen LogP contribution in [0.2, 0.25) is 0 Å². The van der Waals surface area contributed by atoms with E-state index in [1.165, 1.54) is 12.1 Å². The van der Waals surface area contributed by atoms with Crippen molar-refractivity contribution in [1.29, 1.82) is 0 Å². The summed E-state index contributed by atoms with van der Waals surface area (Å²) in [7, 11) is 0. The molecule has 1 aliphatic carbocycles. The van der Waals surface area contributed by atoms with Crippen LogP contribution < -0.4 is 4.90 Å². The molecule has 2 amide bonds. The lowest BCUT2D eigenvalue weighted by atomic mass is 9.81. The molecule has 116 valence electrons. The van der Waals surface area contributed by atoms with Gasteiger partial charge < -0.3 is 5.11 Å². The summed E-state index contributed by atoms with van der Waals surface area (Å²) < 4.78 is 0. The van der Waals surface area contributed by atoms with Crippen LogP contribution in [0.25, 0.3) is 0 Å². The van der Waals surface area contributed by atoms with Gasteiger partial charge in [-0.25, -0.2) is 9.69 Å². The zero-order valence-electron chi connectivity index (χ0n) is 11.4. The second kappa shape index (κ2) is 5.77. The van der Waals surface area contributed by atoms with Gasteiger partial charge in [0.1, 0.15) is 0 Å². The standard InChI is InChI=1S/C15H13Br2NO4/c16-10-5-8-9(6-11(10)17)14(20)18(13(8)19)12-4-2-1-3-7(12)15(21)22/h1-4,8-11H,5-6H2,(H,21,22)/t8-,9+,10-,11+. The van der Waals surface area contributed by atoms with Crippen LogP contribution in [0.4, 0.5) is 5.69 Å². The second-order valence-electron chi connectivity index (χ2n) is 5.55. The third-order valence-corrected chi connectivity index (χ3v) is 7.02. The largest absolute Gasteiger partial charge is 0.478 e. The van der Waals surface area contributed by atoms with Gasteiger partial charge in [-0.2, -0.15) is 0 Å². The van der Waals surface area contributed by atoms with Gasteiger partial charge >= 0.3 is 5.97 Å². The summed E-state index contributed by atoms with van der Waals surface area (Å²) in [5.74, 6) is -2.51. The quantitative estimate of drug-likeness (QED) is 0.578. The number of carbonyl (C=O) groups excluding carboxylic acids is 2. The molecule has 2 fully saturated rings. The Balaban J connectivity index is 2.01. The number of amides is 2. The average Bonchev–Trinajstić information content (AvgIpc) is 2.71. The maximum Gasteiger partial charge on any atom is 0.337 e. The summed E-state index contributed by atoms with van der Waals surface area (Å²) in [5.41, 5.74) is 0.130. The molecule has 0 unspecified atom stereocenters. The molecule has 22 heavy (non-hydrogen) atoms. The van der Waals surface area contributed by atoms with Crippen molar-refractivity contribution in [3.05, 3.63) is 29.8 Å². The Hall–Kier alpha value is -1.21. The number of hydrogen-bond donors (Lipinski definition) is 1. The van der Waals surface area contributed by atoms with Crippen LogP contribution in [-0.2, 0) is 9.59 Å². The fourth-order valence-electron chi connectivity index (χ4n) is 3.18. The van der Waals surface area contributed by atoms with Crippen molar-refractivity contribution in [2.75, 3.05) is 4.90 Å². The number of nitrogens with zero attached hydrogens (tertiary/aromatic N) is 1. The van der Waals surface area contributed by atoms with Crippen molar-refractivity contribution in [3.8, 4) is 0 Å². The van der Waals surface area contributed by atoms with E-state index in [1.807, 2.05) is 0 Å². The third kappa shape index (κ3) is 2.40. The lowest BCUT2D eigenvalue weighted by Gasteiger charge is -2.29. The molecule has 7 heteroatoms. The van der Waals surface area contributed by atoms with Crippen LogP contribution in [0.3, 0.4) is 0 Å². The number of rotatable bonds is 2. The number of halogens is 2. The summed E-state index contributed by atoms with van der Waals surface area (Å²) in [6, 6.07) is 6.12. The van der Waals surface area contributed by atoms with E-state index in [-0.39, 0.29) is 44.6 Å². The summed E-state index contributed by atoms with van der Waals surface area (Å²) in [4.78, 5) is 38.0. The predicted molar refractivity (Wildman–Crippen MR) is 87.5 cm³/mol. The monoisotopic (exact) mass is 429 g/mol. The van der Waals surface area contributed by atoms with Gasteiger partial charge in [0.15, 0.2) is 0 Å². The molecule has 2 aliphatic rings. The number of carboxylic acids is 1. The Kier molecular flexibility index (Phi) is 4.11. The fourth-order valence-corrected chi connectivity index (χ4v) is 4.42. The number of hydrogen-bond acceptors (Lipinski definition) is 3. The van der Waals surface area contributed by atoms with Crippen LogP contribution in [0, 0.1) is 11.8 Å². The first-order valence-electron chi connectivity index (χ1n) is 6.90. The van der Waals surface area contributed by atoms with Gasteiger partial charge in [0.2, 0.25) is 11.8 Å². The highest BCUT2D eigenvalue weighted by Crippen LogP contribution is 2.44.